The van der Waals surface area contributed by atoms with Crippen LogP contribution in [0, 0.1) is 13.8 Å². The summed E-state index contributed by atoms with van der Waals surface area (Å²) in [7, 11) is 2.99. The number of para-hydroxylation sites is 2. The number of hydrogen-bond donors (Lipinski definition) is 8. The minimum atomic E-state index is -2.96. The summed E-state index contributed by atoms with van der Waals surface area (Å²) in [5, 5.41) is 53.6. The first-order valence-corrected chi connectivity index (χ1v) is 25.7. The number of nitrogens with one attached hydrogen (secondary N) is 4. The molecule has 22 heteroatoms. The number of hydrogen-bond acceptors (Lipinski definition) is 14. The highest BCUT2D eigenvalue weighted by molar-refractivity contribution is 5.97. The minimum absolute atomic E-state index is 0.0303. The van der Waals surface area contributed by atoms with Crippen molar-refractivity contribution in [2.24, 2.45) is 20.4 Å². The van der Waals surface area contributed by atoms with E-state index in [1.54, 1.807) is 91.0 Å². The quantitative estimate of drug-likeness (QED) is 0.0258. The zero-order valence-electron chi connectivity index (χ0n) is 47.2. The van der Waals surface area contributed by atoms with Crippen LogP contribution in [0.2, 0.25) is 0 Å². The summed E-state index contributed by atoms with van der Waals surface area (Å²) in [5.74, 6) is -6.41. The third-order valence-electron chi connectivity index (χ3n) is 11.8. The molecule has 0 atom stereocenters. The van der Waals surface area contributed by atoms with Crippen LogP contribution in [-0.2, 0) is 11.8 Å². The molecule has 0 aliphatic carbocycles. The first kappa shape index (κ1) is 65.6. The zero-order valence-corrected chi connectivity index (χ0v) is 47.2. The molecule has 0 bridgehead atoms. The van der Waals surface area contributed by atoms with Gasteiger partial charge >= 0.3 is 0 Å². The summed E-state index contributed by atoms with van der Waals surface area (Å²) < 4.78 is 62.3. The zero-order chi connectivity index (χ0) is 62.8. The monoisotopic (exact) mass is 1180 g/mol. The molecule has 8 aromatic carbocycles. The molecule has 0 fully saturated rings. The fourth-order valence-electron chi connectivity index (χ4n) is 6.85. The highest BCUT2D eigenvalue weighted by Crippen LogP contribution is 2.28. The van der Waals surface area contributed by atoms with Gasteiger partial charge in [-0.25, -0.2) is 39.3 Å². The first-order valence-electron chi connectivity index (χ1n) is 25.7. The largest absolute Gasteiger partial charge is 0.507 e. The van der Waals surface area contributed by atoms with Crippen molar-refractivity contribution in [1.29, 1.82) is 0 Å². The van der Waals surface area contributed by atoms with Gasteiger partial charge in [0.25, 0.3) is 35.5 Å². The maximum atomic E-state index is 13.1. The molecule has 0 saturated carbocycles. The van der Waals surface area contributed by atoms with E-state index in [1.807, 2.05) is 38.1 Å². The van der Waals surface area contributed by atoms with Crippen LogP contribution < -0.4 is 31.2 Å². The standard InChI is InChI=1S/C17H16F2N2O3.C16H14F2N2O2.C16H16N2O3.C15H14N2O2/c1-17(18,19)13-6-3-11(4-7-13)16(23)21-20-10-12-5-8-14(24-2)9-15(12)22;1-16(17,18)13-8-6-11(7-9-13)15(22)20-19-10-12-4-2-3-5-14(12)21;1-11-3-5-12(6-4-11)16(20)18-17-10-13-7-8-14(21-2)9-15(13)19;1-11-6-8-12(9-7-11)15(19)17-16-10-13-4-2-3-5-14(13)18/h3-10,22H,1-2H3,(H,21,23);2-10,21H,1H3,(H,20,22);3-10,19H,1-2H3,(H,18,20);2-10,18H,1H3,(H,17,19)/b20-10+;19-10+;17-10+;16-10+. The summed E-state index contributed by atoms with van der Waals surface area (Å²) in [5.41, 5.74) is 14.5. The Labute approximate surface area is 492 Å². The number of halogens is 4. The molecule has 444 valence electrons. The highest BCUT2D eigenvalue weighted by atomic mass is 19.3. The van der Waals surface area contributed by atoms with Crippen molar-refractivity contribution in [3.05, 3.63) is 249 Å². The van der Waals surface area contributed by atoms with Gasteiger partial charge in [0.1, 0.15) is 34.5 Å². The van der Waals surface area contributed by atoms with Crippen molar-refractivity contribution in [3.63, 3.8) is 0 Å². The number of phenolic OH excluding ortho intramolecular Hbond substituents is 4. The van der Waals surface area contributed by atoms with Crippen LogP contribution in [0.15, 0.2) is 202 Å². The Hall–Kier alpha value is -11.2. The number of rotatable bonds is 16. The number of benzene rings is 8. The fourth-order valence-corrected chi connectivity index (χ4v) is 6.85. The molecule has 8 aromatic rings. The molecule has 0 aliphatic heterocycles. The third kappa shape index (κ3) is 21.3. The number of alkyl halides is 4. The van der Waals surface area contributed by atoms with Gasteiger partial charge in [0.05, 0.1) is 39.1 Å². The number of carbonyl (C=O) groups excluding carboxylic acids is 4. The number of aromatic hydroxyl groups is 4. The second kappa shape index (κ2) is 31.9. The van der Waals surface area contributed by atoms with Gasteiger partial charge in [0.15, 0.2) is 0 Å². The molecule has 0 aliphatic rings. The van der Waals surface area contributed by atoms with Crippen molar-refractivity contribution in [2.45, 2.75) is 39.5 Å². The first-order chi connectivity index (χ1) is 40.9. The van der Waals surface area contributed by atoms with Gasteiger partial charge in [0.2, 0.25) is 0 Å². The van der Waals surface area contributed by atoms with Crippen LogP contribution in [0.4, 0.5) is 17.6 Å². The molecule has 0 unspecified atom stereocenters. The molecule has 0 radical (unpaired) electrons. The fraction of sp³-hybridized carbons (Fsp3) is 0.125. The second-order valence-corrected chi connectivity index (χ2v) is 18.4. The van der Waals surface area contributed by atoms with Crippen molar-refractivity contribution >= 4 is 48.5 Å². The summed E-state index contributed by atoms with van der Waals surface area (Å²) in [6.07, 6.45) is 5.34. The van der Waals surface area contributed by atoms with Gasteiger partial charge in [-0.3, -0.25) is 19.2 Å². The molecule has 86 heavy (non-hydrogen) atoms. The second-order valence-electron chi connectivity index (χ2n) is 18.4. The van der Waals surface area contributed by atoms with Gasteiger partial charge in [-0.15, -0.1) is 0 Å². The van der Waals surface area contributed by atoms with E-state index in [0.29, 0.717) is 44.9 Å². The molecular weight excluding hydrogens is 1120 g/mol. The van der Waals surface area contributed by atoms with Gasteiger partial charge in [-0.1, -0.05) is 83.9 Å². The van der Waals surface area contributed by atoms with Crippen LogP contribution in [0.1, 0.15) is 99.8 Å². The molecule has 8 rings (SSSR count). The SMILES string of the molecule is CC(F)(F)c1ccc(C(=O)N/N=C/c2ccccc2O)cc1.COc1ccc(/C=N/NC(=O)c2ccc(C(C)(F)F)cc2)c(O)c1.COc1ccc(/C=N/NC(=O)c2ccc(C)cc2)c(O)c1.Cc1ccc(C(=O)N/N=C/c2ccccc2O)cc1. The molecule has 8 N–H and O–H groups in total. The average molecular weight is 1180 g/mol. The molecular formula is C64H60F4N8O10. The predicted octanol–water partition coefficient (Wildman–Crippen LogP) is 11.5. The molecule has 0 saturated heterocycles. The van der Waals surface area contributed by atoms with Gasteiger partial charge in [0, 0.05) is 81.6 Å². The normalized spacial score (nSPS) is 11.1. The van der Waals surface area contributed by atoms with Crippen LogP contribution in [0.25, 0.3) is 0 Å². The number of amides is 4. The minimum Gasteiger partial charge on any atom is -0.507 e. The maximum Gasteiger partial charge on any atom is 0.271 e. The average Bonchev–Trinajstić information content (AvgIpc) is 3.12. The lowest BCUT2D eigenvalue weighted by molar-refractivity contribution is 0.0168. The predicted molar refractivity (Wildman–Crippen MR) is 320 cm³/mol. The lowest BCUT2D eigenvalue weighted by Crippen LogP contribution is -2.18. The van der Waals surface area contributed by atoms with E-state index in [9.17, 15) is 57.2 Å². The highest BCUT2D eigenvalue weighted by Gasteiger charge is 2.25. The smallest absolute Gasteiger partial charge is 0.271 e. The lowest BCUT2D eigenvalue weighted by atomic mass is 10.1. The summed E-state index contributed by atoms with van der Waals surface area (Å²) in [6.45, 7) is 5.48. The van der Waals surface area contributed by atoms with E-state index in [2.05, 4.69) is 42.1 Å². The number of methoxy groups -OCH3 is 2. The molecule has 4 amide bonds. The Balaban J connectivity index is 0.000000210. The molecule has 18 nitrogen and oxygen atoms in total. The lowest BCUT2D eigenvalue weighted by Gasteiger charge is -2.10. The van der Waals surface area contributed by atoms with Crippen molar-refractivity contribution in [1.82, 2.24) is 21.7 Å². The Morgan fingerprint density at radius 1 is 0.384 bits per heavy atom. The van der Waals surface area contributed by atoms with E-state index in [4.69, 9.17) is 9.47 Å². The van der Waals surface area contributed by atoms with E-state index in [0.717, 1.165) is 25.0 Å². The Kier molecular flexibility index (Phi) is 24.3. The van der Waals surface area contributed by atoms with E-state index >= 15 is 0 Å². The molecule has 0 heterocycles. The van der Waals surface area contributed by atoms with E-state index < -0.39 is 23.7 Å². The number of phenols is 4. The summed E-state index contributed by atoms with van der Waals surface area (Å²) in [6, 6.07) is 47.0. The number of hydrazone groups is 4. The van der Waals surface area contributed by atoms with Crippen LogP contribution in [0.5, 0.6) is 34.5 Å². The topological polar surface area (TPSA) is 265 Å². The van der Waals surface area contributed by atoms with Crippen molar-refractivity contribution in [2.75, 3.05) is 14.2 Å². The number of carbonyl (C=O) groups is 4. The van der Waals surface area contributed by atoms with Gasteiger partial charge < -0.3 is 29.9 Å². The van der Waals surface area contributed by atoms with Gasteiger partial charge in [-0.2, -0.15) is 20.4 Å². The van der Waals surface area contributed by atoms with Crippen molar-refractivity contribution in [3.8, 4) is 34.5 Å². The Morgan fingerprint density at radius 2 is 0.640 bits per heavy atom. The van der Waals surface area contributed by atoms with Crippen LogP contribution in [-0.4, -0.2) is 83.1 Å². The van der Waals surface area contributed by atoms with Crippen LogP contribution >= 0.6 is 0 Å². The van der Waals surface area contributed by atoms with Crippen molar-refractivity contribution < 1.29 is 66.6 Å². The van der Waals surface area contributed by atoms with Crippen LogP contribution in [0.3, 0.4) is 0 Å². The Morgan fingerprint density at radius 3 is 0.884 bits per heavy atom. The number of nitrogens with zero attached hydrogens (tertiary/aromatic N) is 4. The maximum absolute atomic E-state index is 13.1. The van der Waals surface area contributed by atoms with Gasteiger partial charge in [-0.05, 0) is 111 Å². The summed E-state index contributed by atoms with van der Waals surface area (Å²) in [4.78, 5) is 47.3. The molecule has 0 aromatic heterocycles. The molecule has 0 spiro atoms. The summed E-state index contributed by atoms with van der Waals surface area (Å²) >= 11 is 0. The number of aryl methyl sites for hydroxylation is 2. The van der Waals surface area contributed by atoms with E-state index in [1.165, 1.54) is 106 Å². The number of ether oxygens (including phenoxy) is 2. The Bertz CT molecular complexity index is 3680. The third-order valence-corrected chi connectivity index (χ3v) is 11.8. The van der Waals surface area contributed by atoms with E-state index in [-0.39, 0.29) is 57.1 Å².